The average molecular weight is 285 g/mol. The standard InChI is InChI=1S/C13H19NO4S/c1-3-4-10-13(14-2,12(15)16)19(17,18)11-8-6-5-7-9-11/h5-9,14H,3-4,10H2,1-2H3,(H,15,16). The van der Waals surface area contributed by atoms with Gasteiger partial charge in [-0.3, -0.25) is 5.32 Å². The summed E-state index contributed by atoms with van der Waals surface area (Å²) >= 11 is 0. The van der Waals surface area contributed by atoms with Crippen molar-refractivity contribution in [1.29, 1.82) is 0 Å². The van der Waals surface area contributed by atoms with E-state index in [2.05, 4.69) is 5.32 Å². The summed E-state index contributed by atoms with van der Waals surface area (Å²) in [4.78, 5) is 9.59. The number of hydrogen-bond acceptors (Lipinski definition) is 4. The summed E-state index contributed by atoms with van der Waals surface area (Å²) in [5.74, 6) is -1.37. The van der Waals surface area contributed by atoms with E-state index in [1.807, 2.05) is 6.92 Å². The molecule has 0 radical (unpaired) electrons. The summed E-state index contributed by atoms with van der Waals surface area (Å²) < 4.78 is 25.2. The molecular formula is C13H19NO4S. The van der Waals surface area contributed by atoms with Crippen molar-refractivity contribution in [3.63, 3.8) is 0 Å². The summed E-state index contributed by atoms with van der Waals surface area (Å²) in [5.41, 5.74) is 0. The van der Waals surface area contributed by atoms with Crippen LogP contribution in [0.15, 0.2) is 35.2 Å². The lowest BCUT2D eigenvalue weighted by Crippen LogP contribution is -2.56. The SMILES string of the molecule is CCCCC(NC)(C(=O)O)S(=O)(=O)c1ccccc1. The fourth-order valence-electron chi connectivity index (χ4n) is 1.95. The Morgan fingerprint density at radius 1 is 1.32 bits per heavy atom. The van der Waals surface area contributed by atoms with E-state index in [4.69, 9.17) is 0 Å². The van der Waals surface area contributed by atoms with Crippen LogP contribution >= 0.6 is 0 Å². The van der Waals surface area contributed by atoms with Crippen molar-refractivity contribution in [3.8, 4) is 0 Å². The van der Waals surface area contributed by atoms with Gasteiger partial charge in [-0.25, -0.2) is 13.2 Å². The van der Waals surface area contributed by atoms with Gasteiger partial charge in [0.2, 0.25) is 14.7 Å². The molecule has 1 aromatic carbocycles. The molecule has 6 heteroatoms. The number of benzene rings is 1. The van der Waals surface area contributed by atoms with Gasteiger partial charge in [-0.2, -0.15) is 0 Å². The molecule has 5 nitrogen and oxygen atoms in total. The van der Waals surface area contributed by atoms with Crippen molar-refractivity contribution in [2.45, 2.75) is 36.0 Å². The molecule has 1 rings (SSSR count). The Balaban J connectivity index is 3.35. The van der Waals surface area contributed by atoms with Gasteiger partial charge in [-0.05, 0) is 25.6 Å². The minimum atomic E-state index is -3.99. The normalized spacial score (nSPS) is 14.8. The van der Waals surface area contributed by atoms with Crippen molar-refractivity contribution in [2.24, 2.45) is 0 Å². The molecule has 0 aliphatic carbocycles. The first-order valence-electron chi connectivity index (χ1n) is 6.14. The Morgan fingerprint density at radius 2 is 1.89 bits per heavy atom. The molecule has 0 heterocycles. The number of aliphatic carboxylic acids is 1. The quantitative estimate of drug-likeness (QED) is 0.796. The van der Waals surface area contributed by atoms with E-state index in [0.29, 0.717) is 6.42 Å². The maximum absolute atomic E-state index is 12.6. The summed E-state index contributed by atoms with van der Waals surface area (Å²) in [6, 6.07) is 7.67. The zero-order chi connectivity index (χ0) is 14.5. The summed E-state index contributed by atoms with van der Waals surface area (Å²) in [7, 11) is -2.63. The maximum atomic E-state index is 12.6. The molecular weight excluding hydrogens is 266 g/mol. The van der Waals surface area contributed by atoms with E-state index in [1.165, 1.54) is 19.2 Å². The monoisotopic (exact) mass is 285 g/mol. The van der Waals surface area contributed by atoms with Crippen LogP contribution in [0.2, 0.25) is 0 Å². The number of carbonyl (C=O) groups is 1. The molecule has 0 fully saturated rings. The minimum absolute atomic E-state index is 0.0165. The molecule has 1 atom stereocenters. The molecule has 0 aliphatic heterocycles. The smallest absolute Gasteiger partial charge is 0.340 e. The van der Waals surface area contributed by atoms with Gasteiger partial charge in [0.05, 0.1) is 4.90 Å². The Hall–Kier alpha value is -1.40. The van der Waals surface area contributed by atoms with Crippen LogP contribution in [0.5, 0.6) is 0 Å². The molecule has 106 valence electrons. The van der Waals surface area contributed by atoms with Gasteiger partial charge in [0.1, 0.15) is 0 Å². The first-order valence-corrected chi connectivity index (χ1v) is 7.62. The number of carboxylic acid groups (broad SMARTS) is 1. The third-order valence-electron chi connectivity index (χ3n) is 3.14. The summed E-state index contributed by atoms with van der Waals surface area (Å²) in [6.07, 6.45) is 1.27. The molecule has 0 aromatic heterocycles. The maximum Gasteiger partial charge on any atom is 0.340 e. The number of carboxylic acids is 1. The van der Waals surface area contributed by atoms with Crippen molar-refractivity contribution in [1.82, 2.24) is 5.32 Å². The molecule has 0 saturated carbocycles. The predicted molar refractivity (Wildman–Crippen MR) is 72.6 cm³/mol. The van der Waals surface area contributed by atoms with Gasteiger partial charge in [-0.1, -0.05) is 38.0 Å². The highest BCUT2D eigenvalue weighted by atomic mass is 32.2. The van der Waals surface area contributed by atoms with Crippen LogP contribution in [0.1, 0.15) is 26.2 Å². The zero-order valence-electron chi connectivity index (χ0n) is 11.1. The third-order valence-corrected chi connectivity index (χ3v) is 5.54. The van der Waals surface area contributed by atoms with E-state index in [0.717, 1.165) is 6.42 Å². The number of sulfone groups is 1. The number of likely N-dealkylation sites (N-methyl/N-ethyl adjacent to an activating group) is 1. The fourth-order valence-corrected chi connectivity index (χ4v) is 3.78. The molecule has 0 bridgehead atoms. The van der Waals surface area contributed by atoms with E-state index in [9.17, 15) is 18.3 Å². The van der Waals surface area contributed by atoms with Crippen LogP contribution in [0.3, 0.4) is 0 Å². The Morgan fingerprint density at radius 3 is 2.32 bits per heavy atom. The van der Waals surface area contributed by atoms with E-state index in [1.54, 1.807) is 18.2 Å². The van der Waals surface area contributed by atoms with Crippen LogP contribution in [0.25, 0.3) is 0 Å². The molecule has 2 N–H and O–H groups in total. The average Bonchev–Trinajstić information content (AvgIpc) is 2.40. The van der Waals surface area contributed by atoms with Crippen molar-refractivity contribution < 1.29 is 18.3 Å². The van der Waals surface area contributed by atoms with Crippen LogP contribution in [-0.2, 0) is 14.6 Å². The van der Waals surface area contributed by atoms with Crippen molar-refractivity contribution in [2.75, 3.05) is 7.05 Å². The number of unbranched alkanes of at least 4 members (excludes halogenated alkanes) is 1. The highest BCUT2D eigenvalue weighted by molar-refractivity contribution is 7.93. The van der Waals surface area contributed by atoms with Crippen molar-refractivity contribution >= 4 is 15.8 Å². The third kappa shape index (κ3) is 2.79. The van der Waals surface area contributed by atoms with Gasteiger partial charge in [0.15, 0.2) is 0 Å². The lowest BCUT2D eigenvalue weighted by molar-refractivity contribution is -0.141. The van der Waals surface area contributed by atoms with Gasteiger partial charge >= 0.3 is 5.97 Å². The highest BCUT2D eigenvalue weighted by Crippen LogP contribution is 2.28. The Bertz CT molecular complexity index is 527. The summed E-state index contributed by atoms with van der Waals surface area (Å²) in [5, 5.41) is 11.9. The Labute approximate surface area is 113 Å². The predicted octanol–water partition coefficient (Wildman–Crippen LogP) is 1.65. The van der Waals surface area contributed by atoms with Crippen molar-refractivity contribution in [3.05, 3.63) is 30.3 Å². The molecule has 0 aliphatic rings. The second kappa shape index (κ2) is 6.16. The lowest BCUT2D eigenvalue weighted by Gasteiger charge is -2.28. The van der Waals surface area contributed by atoms with Crippen LogP contribution in [-0.4, -0.2) is 31.4 Å². The van der Waals surface area contributed by atoms with Crippen LogP contribution in [0, 0.1) is 0 Å². The number of nitrogens with one attached hydrogen (secondary N) is 1. The van der Waals surface area contributed by atoms with Gasteiger partial charge in [-0.15, -0.1) is 0 Å². The van der Waals surface area contributed by atoms with Gasteiger partial charge in [0.25, 0.3) is 0 Å². The lowest BCUT2D eigenvalue weighted by atomic mass is 10.1. The van der Waals surface area contributed by atoms with Crippen LogP contribution in [0.4, 0.5) is 0 Å². The Kier molecular flexibility index (Phi) is 5.08. The molecule has 0 saturated heterocycles. The summed E-state index contributed by atoms with van der Waals surface area (Å²) in [6.45, 7) is 1.89. The fraction of sp³-hybridized carbons (Fsp3) is 0.462. The molecule has 0 amide bonds. The molecule has 19 heavy (non-hydrogen) atoms. The molecule has 1 aromatic rings. The molecule has 0 spiro atoms. The van der Waals surface area contributed by atoms with E-state index in [-0.39, 0.29) is 11.3 Å². The van der Waals surface area contributed by atoms with E-state index >= 15 is 0 Å². The second-order valence-corrected chi connectivity index (χ2v) is 6.48. The first-order chi connectivity index (χ1) is 8.92. The van der Waals surface area contributed by atoms with Gasteiger partial charge in [0, 0.05) is 0 Å². The zero-order valence-corrected chi connectivity index (χ0v) is 11.9. The second-order valence-electron chi connectivity index (χ2n) is 4.30. The van der Waals surface area contributed by atoms with Crippen LogP contribution < -0.4 is 5.32 Å². The highest BCUT2D eigenvalue weighted by Gasteiger charge is 2.50. The van der Waals surface area contributed by atoms with E-state index < -0.39 is 20.7 Å². The number of rotatable bonds is 7. The minimum Gasteiger partial charge on any atom is -0.479 e. The van der Waals surface area contributed by atoms with Gasteiger partial charge < -0.3 is 5.11 Å². The topological polar surface area (TPSA) is 83.5 Å². The largest absolute Gasteiger partial charge is 0.479 e. The molecule has 1 unspecified atom stereocenters. The number of hydrogen-bond donors (Lipinski definition) is 2. The first kappa shape index (κ1) is 15.7.